The second-order valence-electron chi connectivity index (χ2n) is 2.85. The fraction of sp³-hybridized carbons (Fsp3) is 0. The molecular weight excluding hydrogens is 237 g/mol. The molecule has 15 heavy (non-hydrogen) atoms. The van der Waals surface area contributed by atoms with Crippen LogP contribution in [0.15, 0.2) is 18.6 Å². The fourth-order valence-electron chi connectivity index (χ4n) is 1.16. The van der Waals surface area contributed by atoms with E-state index in [0.717, 1.165) is 0 Å². The summed E-state index contributed by atoms with van der Waals surface area (Å²) >= 11 is 11.9. The molecule has 2 rings (SSSR count). The van der Waals surface area contributed by atoms with Gasteiger partial charge in [-0.1, -0.05) is 23.2 Å². The van der Waals surface area contributed by atoms with E-state index in [0.29, 0.717) is 27.2 Å². The van der Waals surface area contributed by atoms with Gasteiger partial charge in [0.05, 0.1) is 21.9 Å². The quantitative estimate of drug-likeness (QED) is 0.800. The molecule has 0 bridgehead atoms. The van der Waals surface area contributed by atoms with Gasteiger partial charge in [0.15, 0.2) is 5.82 Å². The van der Waals surface area contributed by atoms with Gasteiger partial charge in [-0.3, -0.25) is 4.98 Å². The number of nitrogen functional groups attached to an aromatic ring is 2. The Morgan fingerprint density at radius 1 is 1.07 bits per heavy atom. The van der Waals surface area contributed by atoms with Crippen LogP contribution in [0, 0.1) is 0 Å². The van der Waals surface area contributed by atoms with Gasteiger partial charge in [0.1, 0.15) is 5.69 Å². The Hall–Kier alpha value is -1.46. The Balaban J connectivity index is 2.69. The molecule has 78 valence electrons. The summed E-state index contributed by atoms with van der Waals surface area (Å²) in [5.41, 5.74) is 12.1. The van der Waals surface area contributed by atoms with Gasteiger partial charge >= 0.3 is 0 Å². The zero-order chi connectivity index (χ0) is 11.0. The molecule has 0 saturated carbocycles. The maximum atomic E-state index is 5.94. The molecule has 0 atom stereocenters. The summed E-state index contributed by atoms with van der Waals surface area (Å²) in [5.74, 6) is 0.296. The number of anilines is 2. The smallest absolute Gasteiger partial charge is 0.150 e. The predicted molar refractivity (Wildman–Crippen MR) is 60.2 cm³/mol. The number of pyridine rings is 1. The number of halogens is 2. The number of rotatable bonds is 1. The standard InChI is InChI=1S/C8H7Cl2N5/c9-4-1-13-2-5(10)7(4)15-8(12)6(11)3-14-15/h1-3H,11-12H2. The van der Waals surface area contributed by atoms with E-state index in [9.17, 15) is 0 Å². The summed E-state index contributed by atoms with van der Waals surface area (Å²) in [4.78, 5) is 3.83. The topological polar surface area (TPSA) is 82.8 Å². The van der Waals surface area contributed by atoms with E-state index in [1.165, 1.54) is 23.3 Å². The molecule has 0 aliphatic heterocycles. The number of nitrogens with two attached hydrogens (primary N) is 2. The van der Waals surface area contributed by atoms with Crippen molar-refractivity contribution in [3.8, 4) is 5.69 Å². The minimum atomic E-state index is 0.296. The Morgan fingerprint density at radius 3 is 2.13 bits per heavy atom. The third-order valence-electron chi connectivity index (χ3n) is 1.88. The van der Waals surface area contributed by atoms with Crippen molar-refractivity contribution in [2.24, 2.45) is 0 Å². The van der Waals surface area contributed by atoms with Crippen LogP contribution < -0.4 is 11.5 Å². The lowest BCUT2D eigenvalue weighted by molar-refractivity contribution is 0.888. The average molecular weight is 244 g/mol. The van der Waals surface area contributed by atoms with Gasteiger partial charge in [0.25, 0.3) is 0 Å². The van der Waals surface area contributed by atoms with E-state index in [-0.39, 0.29) is 0 Å². The van der Waals surface area contributed by atoms with Crippen LogP contribution in [0.25, 0.3) is 5.69 Å². The summed E-state index contributed by atoms with van der Waals surface area (Å²) in [5, 5.41) is 4.69. The van der Waals surface area contributed by atoms with Gasteiger partial charge in [0, 0.05) is 12.4 Å². The molecule has 0 aromatic carbocycles. The van der Waals surface area contributed by atoms with Crippen molar-refractivity contribution in [1.82, 2.24) is 14.8 Å². The molecule has 0 spiro atoms. The van der Waals surface area contributed by atoms with Crippen LogP contribution >= 0.6 is 23.2 Å². The molecule has 2 aromatic rings. The van der Waals surface area contributed by atoms with E-state index in [1.54, 1.807) is 0 Å². The van der Waals surface area contributed by atoms with Crippen LogP contribution in [-0.2, 0) is 0 Å². The molecule has 0 unspecified atom stereocenters. The number of hydrogen-bond acceptors (Lipinski definition) is 4. The summed E-state index contributed by atoms with van der Waals surface area (Å²) in [7, 11) is 0. The Kier molecular flexibility index (Phi) is 2.42. The lowest BCUT2D eigenvalue weighted by Crippen LogP contribution is -2.04. The van der Waals surface area contributed by atoms with Crippen molar-refractivity contribution in [2.75, 3.05) is 11.5 Å². The molecular formula is C8H7Cl2N5. The minimum Gasteiger partial charge on any atom is -0.394 e. The van der Waals surface area contributed by atoms with Gasteiger partial charge < -0.3 is 11.5 Å². The van der Waals surface area contributed by atoms with E-state index < -0.39 is 0 Å². The summed E-state index contributed by atoms with van der Waals surface area (Å²) in [6.45, 7) is 0. The maximum absolute atomic E-state index is 5.94. The van der Waals surface area contributed by atoms with Gasteiger partial charge in [-0.05, 0) is 0 Å². The largest absolute Gasteiger partial charge is 0.394 e. The van der Waals surface area contributed by atoms with Crippen molar-refractivity contribution in [2.45, 2.75) is 0 Å². The number of aromatic nitrogens is 3. The Morgan fingerprint density at radius 2 is 1.67 bits per heavy atom. The molecule has 0 saturated heterocycles. The highest BCUT2D eigenvalue weighted by Crippen LogP contribution is 2.29. The van der Waals surface area contributed by atoms with Crippen LogP contribution in [0.4, 0.5) is 11.5 Å². The molecule has 0 radical (unpaired) electrons. The van der Waals surface area contributed by atoms with Gasteiger partial charge in [-0.25, -0.2) is 4.68 Å². The molecule has 7 heteroatoms. The third kappa shape index (κ3) is 1.60. The van der Waals surface area contributed by atoms with Gasteiger partial charge in [-0.15, -0.1) is 0 Å². The number of hydrogen-bond donors (Lipinski definition) is 2. The first kappa shape index (κ1) is 10.1. The fourth-order valence-corrected chi connectivity index (χ4v) is 1.68. The summed E-state index contributed by atoms with van der Waals surface area (Å²) in [6, 6.07) is 0. The zero-order valence-corrected chi connectivity index (χ0v) is 9.00. The predicted octanol–water partition coefficient (Wildman–Crippen LogP) is 1.74. The molecule has 0 amide bonds. The molecule has 2 heterocycles. The van der Waals surface area contributed by atoms with Crippen molar-refractivity contribution < 1.29 is 0 Å². The lowest BCUT2D eigenvalue weighted by atomic mass is 10.4. The lowest BCUT2D eigenvalue weighted by Gasteiger charge is -2.07. The molecule has 2 aromatic heterocycles. The van der Waals surface area contributed by atoms with Crippen molar-refractivity contribution in [1.29, 1.82) is 0 Å². The highest BCUT2D eigenvalue weighted by atomic mass is 35.5. The summed E-state index contributed by atoms with van der Waals surface area (Å²) in [6.07, 6.45) is 4.35. The Labute approximate surface area is 95.6 Å². The molecule has 0 fully saturated rings. The molecule has 0 aliphatic carbocycles. The SMILES string of the molecule is Nc1cnn(-c2c(Cl)cncc2Cl)c1N. The first-order chi connectivity index (χ1) is 7.11. The van der Waals surface area contributed by atoms with Crippen molar-refractivity contribution >= 4 is 34.7 Å². The second-order valence-corrected chi connectivity index (χ2v) is 3.66. The molecule has 4 N–H and O–H groups in total. The highest BCUT2D eigenvalue weighted by Gasteiger charge is 2.13. The first-order valence-corrected chi connectivity index (χ1v) is 4.75. The minimum absolute atomic E-state index is 0.296. The zero-order valence-electron chi connectivity index (χ0n) is 7.48. The summed E-state index contributed by atoms with van der Waals surface area (Å²) < 4.78 is 1.38. The van der Waals surface area contributed by atoms with Crippen molar-refractivity contribution in [3.05, 3.63) is 28.6 Å². The van der Waals surface area contributed by atoms with Crippen LogP contribution in [0.2, 0.25) is 10.0 Å². The van der Waals surface area contributed by atoms with Crippen LogP contribution in [0.3, 0.4) is 0 Å². The normalized spacial score (nSPS) is 10.5. The monoisotopic (exact) mass is 243 g/mol. The van der Waals surface area contributed by atoms with E-state index in [2.05, 4.69) is 10.1 Å². The van der Waals surface area contributed by atoms with E-state index >= 15 is 0 Å². The maximum Gasteiger partial charge on any atom is 0.150 e. The van der Waals surface area contributed by atoms with E-state index in [4.69, 9.17) is 34.7 Å². The average Bonchev–Trinajstić information content (AvgIpc) is 2.49. The van der Waals surface area contributed by atoms with E-state index in [1.807, 2.05) is 0 Å². The van der Waals surface area contributed by atoms with Crippen LogP contribution in [0.1, 0.15) is 0 Å². The molecule has 0 aliphatic rings. The second kappa shape index (κ2) is 3.60. The van der Waals surface area contributed by atoms with Gasteiger partial charge in [-0.2, -0.15) is 5.10 Å². The highest BCUT2D eigenvalue weighted by molar-refractivity contribution is 6.37. The Bertz CT molecular complexity index is 487. The van der Waals surface area contributed by atoms with Gasteiger partial charge in [0.2, 0.25) is 0 Å². The van der Waals surface area contributed by atoms with Crippen LogP contribution in [-0.4, -0.2) is 14.8 Å². The first-order valence-electron chi connectivity index (χ1n) is 3.99. The van der Waals surface area contributed by atoms with Crippen molar-refractivity contribution in [3.63, 3.8) is 0 Å². The number of nitrogens with zero attached hydrogens (tertiary/aromatic N) is 3. The molecule has 5 nitrogen and oxygen atoms in total. The van der Waals surface area contributed by atoms with Crippen LogP contribution in [0.5, 0.6) is 0 Å². The third-order valence-corrected chi connectivity index (χ3v) is 2.43.